The Bertz CT molecular complexity index is 682. The van der Waals surface area contributed by atoms with Gasteiger partial charge in [0.05, 0.1) is 19.1 Å². The molecule has 2 heterocycles. The summed E-state index contributed by atoms with van der Waals surface area (Å²) in [5.41, 5.74) is 1.88. The van der Waals surface area contributed by atoms with Gasteiger partial charge in [0.25, 0.3) is 5.91 Å². The summed E-state index contributed by atoms with van der Waals surface area (Å²) in [6, 6.07) is 7.59. The Morgan fingerprint density at radius 3 is 2.50 bits per heavy atom. The minimum absolute atomic E-state index is 0.102. The highest BCUT2D eigenvalue weighted by atomic mass is 16.5. The van der Waals surface area contributed by atoms with E-state index in [-0.39, 0.29) is 24.8 Å². The number of amides is 2. The zero-order valence-corrected chi connectivity index (χ0v) is 15.1. The second-order valence-corrected chi connectivity index (χ2v) is 6.76. The number of hydrogen-bond acceptors (Lipinski definition) is 5. The molecular weight excluding hydrogens is 336 g/mol. The van der Waals surface area contributed by atoms with Crippen molar-refractivity contribution in [3.63, 3.8) is 0 Å². The molecule has 3 rings (SSSR count). The van der Waals surface area contributed by atoms with Crippen LogP contribution in [0.25, 0.3) is 0 Å². The number of esters is 1. The first-order chi connectivity index (χ1) is 12.5. The number of ether oxygens (including phenoxy) is 2. The summed E-state index contributed by atoms with van der Waals surface area (Å²) in [5.74, 6) is -1.38. The van der Waals surface area contributed by atoms with Gasteiger partial charge in [-0.3, -0.25) is 14.4 Å². The molecule has 0 unspecified atom stereocenters. The quantitative estimate of drug-likeness (QED) is 0.753. The largest absolute Gasteiger partial charge is 0.452 e. The third-order valence-corrected chi connectivity index (χ3v) is 4.77. The SMILES string of the molecule is Cc1ccc(N2C[C@H](C(=O)O[C@H](C)C(=O)N3CCOCC3)CC2=O)cc1. The highest BCUT2D eigenvalue weighted by Crippen LogP contribution is 2.26. The average molecular weight is 360 g/mol. The van der Waals surface area contributed by atoms with E-state index in [1.54, 1.807) is 16.7 Å². The van der Waals surface area contributed by atoms with E-state index in [2.05, 4.69) is 0 Å². The van der Waals surface area contributed by atoms with Gasteiger partial charge in [0.15, 0.2) is 6.10 Å². The van der Waals surface area contributed by atoms with Crippen molar-refractivity contribution >= 4 is 23.5 Å². The molecule has 140 valence electrons. The van der Waals surface area contributed by atoms with Gasteiger partial charge < -0.3 is 19.3 Å². The molecule has 2 fully saturated rings. The van der Waals surface area contributed by atoms with Gasteiger partial charge in [-0.2, -0.15) is 0 Å². The highest BCUT2D eigenvalue weighted by Gasteiger charge is 2.37. The standard InChI is InChI=1S/C19H24N2O5/c1-13-3-5-16(6-4-13)21-12-15(11-17(21)22)19(24)26-14(2)18(23)20-7-9-25-10-8-20/h3-6,14-15H,7-12H2,1-2H3/t14-,15-/m1/s1. The fourth-order valence-corrected chi connectivity index (χ4v) is 3.20. The Hall–Kier alpha value is -2.41. The van der Waals surface area contributed by atoms with Gasteiger partial charge in [-0.05, 0) is 26.0 Å². The van der Waals surface area contributed by atoms with Crippen molar-refractivity contribution in [2.24, 2.45) is 5.92 Å². The summed E-state index contributed by atoms with van der Waals surface area (Å²) in [5, 5.41) is 0. The molecule has 1 aromatic rings. The van der Waals surface area contributed by atoms with E-state index in [9.17, 15) is 14.4 Å². The lowest BCUT2D eigenvalue weighted by Gasteiger charge is -2.29. The smallest absolute Gasteiger partial charge is 0.312 e. The van der Waals surface area contributed by atoms with E-state index in [1.165, 1.54) is 0 Å². The van der Waals surface area contributed by atoms with Crippen LogP contribution >= 0.6 is 0 Å². The average Bonchev–Trinajstić information content (AvgIpc) is 3.04. The van der Waals surface area contributed by atoms with Gasteiger partial charge in [0.2, 0.25) is 5.91 Å². The summed E-state index contributed by atoms with van der Waals surface area (Å²) < 4.78 is 10.6. The maximum Gasteiger partial charge on any atom is 0.312 e. The molecule has 7 heteroatoms. The number of carbonyl (C=O) groups excluding carboxylic acids is 3. The van der Waals surface area contributed by atoms with Crippen molar-refractivity contribution in [2.75, 3.05) is 37.7 Å². The van der Waals surface area contributed by atoms with Gasteiger partial charge in [0.1, 0.15) is 0 Å². The van der Waals surface area contributed by atoms with Gasteiger partial charge in [-0.15, -0.1) is 0 Å². The van der Waals surface area contributed by atoms with Crippen LogP contribution in [0.2, 0.25) is 0 Å². The second-order valence-electron chi connectivity index (χ2n) is 6.76. The topological polar surface area (TPSA) is 76.2 Å². The monoisotopic (exact) mass is 360 g/mol. The first kappa shape index (κ1) is 18.4. The van der Waals surface area contributed by atoms with E-state index in [4.69, 9.17) is 9.47 Å². The number of carbonyl (C=O) groups is 3. The minimum Gasteiger partial charge on any atom is -0.452 e. The molecule has 2 saturated heterocycles. The minimum atomic E-state index is -0.857. The van der Waals surface area contributed by atoms with Crippen molar-refractivity contribution in [3.05, 3.63) is 29.8 Å². The normalized spacial score (nSPS) is 21.6. The van der Waals surface area contributed by atoms with Gasteiger partial charge in [-0.25, -0.2) is 0 Å². The Morgan fingerprint density at radius 1 is 1.19 bits per heavy atom. The zero-order valence-electron chi connectivity index (χ0n) is 15.1. The first-order valence-corrected chi connectivity index (χ1v) is 8.90. The highest BCUT2D eigenvalue weighted by molar-refractivity contribution is 5.99. The van der Waals surface area contributed by atoms with E-state index in [1.807, 2.05) is 31.2 Å². The summed E-state index contributed by atoms with van der Waals surface area (Å²) >= 11 is 0. The Morgan fingerprint density at radius 2 is 1.85 bits per heavy atom. The van der Waals surface area contributed by atoms with Crippen molar-refractivity contribution in [3.8, 4) is 0 Å². The predicted molar refractivity (Wildman–Crippen MR) is 94.6 cm³/mol. The molecule has 0 N–H and O–H groups in total. The lowest BCUT2D eigenvalue weighted by molar-refractivity contribution is -0.163. The lowest BCUT2D eigenvalue weighted by Crippen LogP contribution is -2.46. The number of aryl methyl sites for hydroxylation is 1. The maximum absolute atomic E-state index is 12.4. The van der Waals surface area contributed by atoms with Crippen molar-refractivity contribution in [1.82, 2.24) is 4.90 Å². The summed E-state index contributed by atoms with van der Waals surface area (Å²) in [4.78, 5) is 40.3. The Balaban J connectivity index is 1.57. The summed E-state index contributed by atoms with van der Waals surface area (Å²) in [6.45, 7) is 5.82. The predicted octanol–water partition coefficient (Wildman–Crippen LogP) is 1.14. The van der Waals surface area contributed by atoms with Crippen LogP contribution < -0.4 is 4.90 Å². The number of nitrogens with zero attached hydrogens (tertiary/aromatic N) is 2. The molecule has 2 amide bonds. The fraction of sp³-hybridized carbons (Fsp3) is 0.526. The van der Waals surface area contributed by atoms with Crippen LogP contribution in [0.1, 0.15) is 18.9 Å². The lowest BCUT2D eigenvalue weighted by atomic mass is 10.1. The molecule has 0 aliphatic carbocycles. The molecule has 2 aliphatic heterocycles. The van der Waals surface area contributed by atoms with Crippen molar-refractivity contribution in [1.29, 1.82) is 0 Å². The van der Waals surface area contributed by atoms with E-state index < -0.39 is 18.0 Å². The molecule has 0 aromatic heterocycles. The molecule has 0 bridgehead atoms. The number of hydrogen-bond donors (Lipinski definition) is 0. The fourth-order valence-electron chi connectivity index (χ4n) is 3.20. The molecule has 2 atom stereocenters. The summed E-state index contributed by atoms with van der Waals surface area (Å²) in [6.07, 6.45) is -0.755. The third kappa shape index (κ3) is 4.04. The van der Waals surface area contributed by atoms with Crippen molar-refractivity contribution < 1.29 is 23.9 Å². The van der Waals surface area contributed by atoms with Crippen LogP contribution in [0.5, 0.6) is 0 Å². The molecular formula is C19H24N2O5. The van der Waals surface area contributed by atoms with Crippen LogP contribution in [0.4, 0.5) is 5.69 Å². The maximum atomic E-state index is 12.4. The van der Waals surface area contributed by atoms with E-state index >= 15 is 0 Å². The number of anilines is 1. The Kier molecular flexibility index (Phi) is 5.56. The van der Waals surface area contributed by atoms with E-state index in [0.717, 1.165) is 11.3 Å². The Labute approximate surface area is 152 Å². The van der Waals surface area contributed by atoms with Crippen LogP contribution in [-0.4, -0.2) is 61.6 Å². The van der Waals surface area contributed by atoms with Gasteiger partial charge in [-0.1, -0.05) is 17.7 Å². The van der Waals surface area contributed by atoms with Gasteiger partial charge in [0, 0.05) is 31.7 Å². The second kappa shape index (κ2) is 7.86. The van der Waals surface area contributed by atoms with Crippen LogP contribution in [0.3, 0.4) is 0 Å². The van der Waals surface area contributed by atoms with Crippen LogP contribution in [-0.2, 0) is 23.9 Å². The first-order valence-electron chi connectivity index (χ1n) is 8.90. The van der Waals surface area contributed by atoms with Gasteiger partial charge >= 0.3 is 5.97 Å². The molecule has 1 aromatic carbocycles. The molecule has 7 nitrogen and oxygen atoms in total. The van der Waals surface area contributed by atoms with E-state index in [0.29, 0.717) is 26.3 Å². The number of benzene rings is 1. The van der Waals surface area contributed by atoms with Crippen LogP contribution in [0, 0.1) is 12.8 Å². The van der Waals surface area contributed by atoms with Crippen molar-refractivity contribution in [2.45, 2.75) is 26.4 Å². The molecule has 0 saturated carbocycles. The molecule has 0 radical (unpaired) electrons. The molecule has 2 aliphatic rings. The summed E-state index contributed by atoms with van der Waals surface area (Å²) in [7, 11) is 0. The molecule has 0 spiro atoms. The number of rotatable bonds is 4. The van der Waals surface area contributed by atoms with Crippen LogP contribution in [0.15, 0.2) is 24.3 Å². The third-order valence-electron chi connectivity index (χ3n) is 4.77. The zero-order chi connectivity index (χ0) is 18.7. The molecule has 26 heavy (non-hydrogen) atoms. The number of morpholine rings is 1.